The number of anilines is 1. The van der Waals surface area contributed by atoms with Gasteiger partial charge in [0.1, 0.15) is 6.54 Å². The largest absolute Gasteiger partial charge is 0.492 e. The minimum absolute atomic E-state index is 0.0399. The summed E-state index contributed by atoms with van der Waals surface area (Å²) < 4.78 is 48.0. The Morgan fingerprint density at radius 2 is 1.84 bits per heavy atom. The SMILES string of the molecule is O=C1CN2c3ccccc3C(=O)OC2(C(F)(F)F)O1. The highest BCUT2D eigenvalue weighted by atomic mass is 19.4. The number of hydrogen-bond acceptors (Lipinski definition) is 5. The minimum atomic E-state index is -5.05. The Morgan fingerprint density at radius 3 is 2.53 bits per heavy atom. The van der Waals surface area contributed by atoms with Crippen molar-refractivity contribution in [3.05, 3.63) is 29.8 Å². The molecule has 3 rings (SSSR count). The second kappa shape index (κ2) is 3.40. The van der Waals surface area contributed by atoms with Gasteiger partial charge in [0, 0.05) is 0 Å². The number of ether oxygens (including phenoxy) is 2. The van der Waals surface area contributed by atoms with Crippen molar-refractivity contribution in [1.82, 2.24) is 0 Å². The van der Waals surface area contributed by atoms with E-state index < -0.39 is 30.6 Å². The van der Waals surface area contributed by atoms with Crippen LogP contribution in [0.3, 0.4) is 0 Å². The van der Waals surface area contributed by atoms with Crippen LogP contribution in [0.4, 0.5) is 18.9 Å². The average molecular weight is 273 g/mol. The fraction of sp³-hybridized carbons (Fsp3) is 0.273. The third-order valence-electron chi connectivity index (χ3n) is 2.90. The predicted octanol–water partition coefficient (Wildman–Crippen LogP) is 1.44. The van der Waals surface area contributed by atoms with Crippen LogP contribution in [-0.2, 0) is 14.3 Å². The van der Waals surface area contributed by atoms with E-state index in [-0.39, 0.29) is 11.3 Å². The van der Waals surface area contributed by atoms with Crippen LogP contribution in [0, 0.1) is 0 Å². The van der Waals surface area contributed by atoms with Gasteiger partial charge in [-0.25, -0.2) is 9.59 Å². The highest BCUT2D eigenvalue weighted by molar-refractivity contribution is 6.00. The van der Waals surface area contributed by atoms with Gasteiger partial charge in [0.2, 0.25) is 0 Å². The number of hydrogen-bond donors (Lipinski definition) is 0. The lowest BCUT2D eigenvalue weighted by atomic mass is 10.1. The van der Waals surface area contributed by atoms with Gasteiger partial charge >= 0.3 is 24.0 Å². The molecule has 0 saturated carbocycles. The molecule has 0 bridgehead atoms. The Bertz CT molecular complexity index is 586. The standard InChI is InChI=1S/C11H6F3NO4/c12-10(13,14)11-15(5-8(16)18-11)7-4-2-1-3-6(7)9(17)19-11/h1-4H,5H2. The van der Waals surface area contributed by atoms with Crippen molar-refractivity contribution in [3.8, 4) is 0 Å². The molecular weight excluding hydrogens is 267 g/mol. The first-order valence-electron chi connectivity index (χ1n) is 5.24. The number of para-hydroxylation sites is 1. The van der Waals surface area contributed by atoms with E-state index >= 15 is 0 Å². The summed E-state index contributed by atoms with van der Waals surface area (Å²) in [4.78, 5) is 23.5. The lowest BCUT2D eigenvalue weighted by Gasteiger charge is -2.40. The molecule has 1 fully saturated rings. The smallest absolute Gasteiger partial charge is 0.395 e. The van der Waals surface area contributed by atoms with Crippen LogP contribution in [0.25, 0.3) is 0 Å². The molecule has 1 saturated heterocycles. The van der Waals surface area contributed by atoms with Gasteiger partial charge in [-0.2, -0.15) is 13.2 Å². The first kappa shape index (κ1) is 11.8. The van der Waals surface area contributed by atoms with Crippen LogP contribution in [0.2, 0.25) is 0 Å². The van der Waals surface area contributed by atoms with Crippen molar-refractivity contribution in [2.24, 2.45) is 0 Å². The quantitative estimate of drug-likeness (QED) is 0.669. The lowest BCUT2D eigenvalue weighted by molar-refractivity contribution is -0.337. The number of alkyl halides is 3. The van der Waals surface area contributed by atoms with E-state index in [1.54, 1.807) is 0 Å². The maximum atomic E-state index is 13.1. The fourth-order valence-electron chi connectivity index (χ4n) is 2.13. The maximum Gasteiger partial charge on any atom is 0.492 e. The number of carbonyl (C=O) groups is 2. The summed E-state index contributed by atoms with van der Waals surface area (Å²) in [6.07, 6.45) is -5.05. The van der Waals surface area contributed by atoms with Gasteiger partial charge in [0.15, 0.2) is 0 Å². The maximum absolute atomic E-state index is 13.1. The molecule has 0 aromatic heterocycles. The van der Waals surface area contributed by atoms with Crippen molar-refractivity contribution in [2.75, 3.05) is 11.4 Å². The molecule has 2 aliphatic heterocycles. The molecule has 1 atom stereocenters. The third-order valence-corrected chi connectivity index (χ3v) is 2.90. The number of fused-ring (bicyclic) bond motifs is 3. The molecule has 1 unspecified atom stereocenters. The normalized spacial score (nSPS) is 25.5. The number of nitrogens with zero attached hydrogens (tertiary/aromatic N) is 1. The molecule has 0 aliphatic carbocycles. The number of rotatable bonds is 0. The van der Waals surface area contributed by atoms with Crippen LogP contribution in [0.1, 0.15) is 10.4 Å². The first-order valence-corrected chi connectivity index (χ1v) is 5.24. The monoisotopic (exact) mass is 273 g/mol. The van der Waals surface area contributed by atoms with Crippen LogP contribution in [0.5, 0.6) is 0 Å². The topological polar surface area (TPSA) is 55.8 Å². The summed E-state index contributed by atoms with van der Waals surface area (Å²) >= 11 is 0. The Kier molecular flexibility index (Phi) is 2.11. The van der Waals surface area contributed by atoms with Crippen LogP contribution in [0.15, 0.2) is 24.3 Å². The summed E-state index contributed by atoms with van der Waals surface area (Å²) in [6.45, 7) is -0.635. The summed E-state index contributed by atoms with van der Waals surface area (Å²) in [7, 11) is 0. The van der Waals surface area contributed by atoms with Crippen LogP contribution < -0.4 is 4.90 Å². The molecule has 8 heteroatoms. The second-order valence-electron chi connectivity index (χ2n) is 4.05. The van der Waals surface area contributed by atoms with Crippen LogP contribution >= 0.6 is 0 Å². The molecule has 0 N–H and O–H groups in total. The second-order valence-corrected chi connectivity index (χ2v) is 4.05. The van der Waals surface area contributed by atoms with E-state index in [0.29, 0.717) is 4.90 Å². The highest BCUT2D eigenvalue weighted by Gasteiger charge is 2.72. The Hall–Kier alpha value is -2.25. The molecule has 0 spiro atoms. The Balaban J connectivity index is 2.22. The molecular formula is C11H6F3NO4. The number of halogens is 3. The van der Waals surface area contributed by atoms with Gasteiger partial charge in [0.25, 0.3) is 0 Å². The van der Waals surface area contributed by atoms with Gasteiger partial charge in [-0.1, -0.05) is 12.1 Å². The van der Waals surface area contributed by atoms with E-state index in [2.05, 4.69) is 9.47 Å². The van der Waals surface area contributed by atoms with E-state index in [4.69, 9.17) is 0 Å². The van der Waals surface area contributed by atoms with Gasteiger partial charge in [-0.15, -0.1) is 0 Å². The van der Waals surface area contributed by atoms with Crippen molar-refractivity contribution in [2.45, 2.75) is 12.1 Å². The summed E-state index contributed by atoms with van der Waals surface area (Å²) in [5.41, 5.74) is -0.0809. The van der Waals surface area contributed by atoms with Crippen molar-refractivity contribution in [1.29, 1.82) is 0 Å². The highest BCUT2D eigenvalue weighted by Crippen LogP contribution is 2.47. The molecule has 100 valence electrons. The molecule has 0 radical (unpaired) electrons. The zero-order valence-corrected chi connectivity index (χ0v) is 9.23. The molecule has 2 aliphatic rings. The Morgan fingerprint density at radius 1 is 1.16 bits per heavy atom. The van der Waals surface area contributed by atoms with Gasteiger partial charge in [-0.3, -0.25) is 4.90 Å². The van der Waals surface area contributed by atoms with E-state index in [9.17, 15) is 22.8 Å². The van der Waals surface area contributed by atoms with E-state index in [1.165, 1.54) is 24.3 Å². The summed E-state index contributed by atoms with van der Waals surface area (Å²) in [5, 5.41) is 0. The van der Waals surface area contributed by atoms with Gasteiger partial charge in [-0.05, 0) is 12.1 Å². The molecule has 5 nitrogen and oxygen atoms in total. The van der Waals surface area contributed by atoms with Gasteiger partial charge < -0.3 is 9.47 Å². The minimum Gasteiger partial charge on any atom is -0.395 e. The summed E-state index contributed by atoms with van der Waals surface area (Å²) in [6, 6.07) is 5.57. The Labute approximate surface area is 104 Å². The number of carbonyl (C=O) groups excluding carboxylic acids is 2. The fourth-order valence-corrected chi connectivity index (χ4v) is 2.13. The number of benzene rings is 1. The first-order chi connectivity index (χ1) is 8.85. The van der Waals surface area contributed by atoms with Crippen LogP contribution in [-0.4, -0.2) is 30.6 Å². The predicted molar refractivity (Wildman–Crippen MR) is 54.1 cm³/mol. The lowest BCUT2D eigenvalue weighted by Crippen LogP contribution is -2.61. The van der Waals surface area contributed by atoms with E-state index in [1.807, 2.05) is 0 Å². The van der Waals surface area contributed by atoms with Crippen molar-refractivity contribution in [3.63, 3.8) is 0 Å². The zero-order valence-electron chi connectivity index (χ0n) is 9.23. The zero-order chi connectivity index (χ0) is 13.8. The molecule has 19 heavy (non-hydrogen) atoms. The molecule has 2 heterocycles. The average Bonchev–Trinajstić information content (AvgIpc) is 2.67. The molecule has 1 aromatic rings. The molecule has 1 aromatic carbocycles. The van der Waals surface area contributed by atoms with E-state index in [0.717, 1.165) is 0 Å². The third kappa shape index (κ3) is 1.42. The van der Waals surface area contributed by atoms with Gasteiger partial charge in [0.05, 0.1) is 11.3 Å². The molecule has 0 amide bonds. The number of esters is 2. The summed E-state index contributed by atoms with van der Waals surface area (Å²) in [5.74, 6) is -5.64. The van der Waals surface area contributed by atoms with Crippen molar-refractivity contribution < 1.29 is 32.2 Å². The van der Waals surface area contributed by atoms with Crippen molar-refractivity contribution >= 4 is 17.6 Å².